The fourth-order valence-electron chi connectivity index (χ4n) is 1.80. The molecule has 0 unspecified atom stereocenters. The Morgan fingerprint density at radius 2 is 1.88 bits per heavy atom. The smallest absolute Gasteiger partial charge is 0.110 e. The first-order valence-corrected chi connectivity index (χ1v) is 6.30. The van der Waals surface area contributed by atoms with Crippen LogP contribution in [0.15, 0.2) is 30.3 Å². The standard InChI is InChI=1S/C14H14N2S/c1-10-5-11(2)7-12(6-10)16-9-14-4-3-13(8-15)17-14/h3-7,16H,9H2,1-2H3. The Labute approximate surface area is 106 Å². The molecule has 17 heavy (non-hydrogen) atoms. The summed E-state index contributed by atoms with van der Waals surface area (Å²) < 4.78 is 0. The van der Waals surface area contributed by atoms with Gasteiger partial charge in [0.25, 0.3) is 0 Å². The summed E-state index contributed by atoms with van der Waals surface area (Å²) in [4.78, 5) is 1.95. The molecule has 0 amide bonds. The number of thiophene rings is 1. The van der Waals surface area contributed by atoms with E-state index in [9.17, 15) is 0 Å². The van der Waals surface area contributed by atoms with Crippen molar-refractivity contribution >= 4 is 17.0 Å². The molecule has 2 aromatic rings. The first kappa shape index (κ1) is 11.7. The van der Waals surface area contributed by atoms with E-state index in [1.165, 1.54) is 27.3 Å². The lowest BCUT2D eigenvalue weighted by Crippen LogP contribution is -1.97. The zero-order valence-electron chi connectivity index (χ0n) is 9.95. The minimum absolute atomic E-state index is 0.766. The van der Waals surface area contributed by atoms with Gasteiger partial charge in [0.1, 0.15) is 10.9 Å². The van der Waals surface area contributed by atoms with Crippen LogP contribution < -0.4 is 5.32 Å². The molecule has 0 saturated heterocycles. The maximum absolute atomic E-state index is 8.75. The van der Waals surface area contributed by atoms with E-state index in [0.717, 1.165) is 17.1 Å². The lowest BCUT2D eigenvalue weighted by atomic mass is 10.1. The Morgan fingerprint density at radius 1 is 1.18 bits per heavy atom. The molecular formula is C14H14N2S. The molecule has 0 saturated carbocycles. The van der Waals surface area contributed by atoms with Gasteiger partial charge < -0.3 is 5.32 Å². The summed E-state index contributed by atoms with van der Waals surface area (Å²) in [5.41, 5.74) is 3.65. The zero-order valence-corrected chi connectivity index (χ0v) is 10.8. The highest BCUT2D eigenvalue weighted by Crippen LogP contribution is 2.18. The van der Waals surface area contributed by atoms with Gasteiger partial charge in [-0.05, 0) is 49.2 Å². The van der Waals surface area contributed by atoms with Gasteiger partial charge in [-0.25, -0.2) is 0 Å². The molecule has 0 aliphatic rings. The Balaban J connectivity index is 2.04. The van der Waals surface area contributed by atoms with Crippen LogP contribution in [0.5, 0.6) is 0 Å². The van der Waals surface area contributed by atoms with Crippen molar-refractivity contribution < 1.29 is 0 Å². The number of anilines is 1. The molecule has 1 aromatic carbocycles. The van der Waals surface area contributed by atoms with Gasteiger partial charge in [0.2, 0.25) is 0 Å². The molecule has 1 N–H and O–H groups in total. The molecule has 1 heterocycles. The lowest BCUT2D eigenvalue weighted by molar-refractivity contribution is 1.18. The number of nitrogens with one attached hydrogen (secondary N) is 1. The summed E-state index contributed by atoms with van der Waals surface area (Å²) >= 11 is 1.54. The molecule has 2 nitrogen and oxygen atoms in total. The molecule has 0 bridgehead atoms. The predicted octanol–water partition coefficient (Wildman–Crippen LogP) is 3.85. The van der Waals surface area contributed by atoms with E-state index in [0.29, 0.717) is 0 Å². The second-order valence-corrected chi connectivity index (χ2v) is 5.28. The van der Waals surface area contributed by atoms with Crippen molar-refractivity contribution in [2.24, 2.45) is 0 Å². The third-order valence-electron chi connectivity index (χ3n) is 2.46. The number of rotatable bonds is 3. The number of nitriles is 1. The van der Waals surface area contributed by atoms with Crippen LogP contribution in [0.1, 0.15) is 20.9 Å². The number of hydrogen-bond donors (Lipinski definition) is 1. The SMILES string of the molecule is Cc1cc(C)cc(NCc2ccc(C#N)s2)c1. The van der Waals surface area contributed by atoms with Crippen molar-refractivity contribution in [3.63, 3.8) is 0 Å². The van der Waals surface area contributed by atoms with E-state index in [4.69, 9.17) is 5.26 Å². The molecule has 3 heteroatoms. The summed E-state index contributed by atoms with van der Waals surface area (Å²) in [6.07, 6.45) is 0. The van der Waals surface area contributed by atoms with Crippen LogP contribution in [0.4, 0.5) is 5.69 Å². The van der Waals surface area contributed by atoms with Crippen LogP contribution >= 0.6 is 11.3 Å². The van der Waals surface area contributed by atoms with Crippen LogP contribution in [0.3, 0.4) is 0 Å². The monoisotopic (exact) mass is 242 g/mol. The van der Waals surface area contributed by atoms with Crippen molar-refractivity contribution in [1.29, 1.82) is 5.26 Å². The van der Waals surface area contributed by atoms with E-state index >= 15 is 0 Å². The summed E-state index contributed by atoms with van der Waals surface area (Å²) in [6.45, 7) is 4.96. The van der Waals surface area contributed by atoms with Crippen LogP contribution in [0.2, 0.25) is 0 Å². The molecule has 1 aromatic heterocycles. The summed E-state index contributed by atoms with van der Waals surface area (Å²) in [5.74, 6) is 0. The van der Waals surface area contributed by atoms with E-state index in [1.807, 2.05) is 12.1 Å². The van der Waals surface area contributed by atoms with E-state index in [-0.39, 0.29) is 0 Å². The molecule has 0 aliphatic carbocycles. The van der Waals surface area contributed by atoms with Gasteiger partial charge in [-0.15, -0.1) is 11.3 Å². The highest BCUT2D eigenvalue weighted by Gasteiger charge is 2.00. The minimum atomic E-state index is 0.766. The van der Waals surface area contributed by atoms with Gasteiger partial charge in [-0.3, -0.25) is 0 Å². The fourth-order valence-corrected chi connectivity index (χ4v) is 2.54. The van der Waals surface area contributed by atoms with Gasteiger partial charge >= 0.3 is 0 Å². The van der Waals surface area contributed by atoms with E-state index < -0.39 is 0 Å². The molecule has 0 spiro atoms. The van der Waals surface area contributed by atoms with Gasteiger partial charge in [0.05, 0.1) is 0 Å². The van der Waals surface area contributed by atoms with Gasteiger partial charge in [-0.2, -0.15) is 5.26 Å². The lowest BCUT2D eigenvalue weighted by Gasteiger charge is -2.07. The number of benzene rings is 1. The van der Waals surface area contributed by atoms with Crippen LogP contribution in [-0.2, 0) is 6.54 Å². The Bertz CT molecular complexity index is 544. The highest BCUT2D eigenvalue weighted by atomic mass is 32.1. The quantitative estimate of drug-likeness (QED) is 0.887. The van der Waals surface area contributed by atoms with E-state index in [1.54, 1.807) is 0 Å². The summed E-state index contributed by atoms with van der Waals surface area (Å²) in [6, 6.07) is 12.4. The second-order valence-electron chi connectivity index (χ2n) is 4.11. The molecule has 2 rings (SSSR count). The first-order valence-electron chi connectivity index (χ1n) is 5.48. The third-order valence-corrected chi connectivity index (χ3v) is 3.45. The van der Waals surface area contributed by atoms with Crippen LogP contribution in [0.25, 0.3) is 0 Å². The van der Waals surface area contributed by atoms with Gasteiger partial charge in [0.15, 0.2) is 0 Å². The van der Waals surface area contributed by atoms with Crippen molar-refractivity contribution in [2.45, 2.75) is 20.4 Å². The number of nitrogens with zero attached hydrogens (tertiary/aromatic N) is 1. The normalized spacial score (nSPS) is 9.94. The van der Waals surface area contributed by atoms with Crippen molar-refractivity contribution in [2.75, 3.05) is 5.32 Å². The molecule has 0 fully saturated rings. The topological polar surface area (TPSA) is 35.8 Å². The number of aryl methyl sites for hydroxylation is 2. The Kier molecular flexibility index (Phi) is 3.46. The molecule has 86 valence electrons. The molecular weight excluding hydrogens is 228 g/mol. The maximum atomic E-state index is 8.75. The van der Waals surface area contributed by atoms with Crippen molar-refractivity contribution in [3.8, 4) is 6.07 Å². The first-order chi connectivity index (χ1) is 8.17. The second kappa shape index (κ2) is 5.03. The van der Waals surface area contributed by atoms with Gasteiger partial charge in [0, 0.05) is 17.1 Å². The third kappa shape index (κ3) is 3.08. The average molecular weight is 242 g/mol. The fraction of sp³-hybridized carbons (Fsp3) is 0.214. The van der Waals surface area contributed by atoms with Crippen molar-refractivity contribution in [3.05, 3.63) is 51.2 Å². The largest absolute Gasteiger partial charge is 0.380 e. The van der Waals surface area contributed by atoms with Gasteiger partial charge in [-0.1, -0.05) is 6.07 Å². The Morgan fingerprint density at radius 3 is 2.47 bits per heavy atom. The van der Waals surface area contributed by atoms with E-state index in [2.05, 4.69) is 43.4 Å². The molecule has 0 atom stereocenters. The summed E-state index contributed by atoms with van der Waals surface area (Å²) in [5, 5.41) is 12.1. The van der Waals surface area contributed by atoms with Crippen LogP contribution in [0, 0.1) is 25.2 Å². The molecule has 0 radical (unpaired) electrons. The van der Waals surface area contributed by atoms with Crippen LogP contribution in [-0.4, -0.2) is 0 Å². The minimum Gasteiger partial charge on any atom is -0.380 e. The summed E-state index contributed by atoms with van der Waals surface area (Å²) in [7, 11) is 0. The average Bonchev–Trinajstić information content (AvgIpc) is 2.73. The molecule has 0 aliphatic heterocycles. The predicted molar refractivity (Wildman–Crippen MR) is 72.3 cm³/mol. The number of hydrogen-bond acceptors (Lipinski definition) is 3. The highest BCUT2D eigenvalue weighted by molar-refractivity contribution is 7.12. The van der Waals surface area contributed by atoms with Crippen molar-refractivity contribution in [1.82, 2.24) is 0 Å². The maximum Gasteiger partial charge on any atom is 0.110 e. The zero-order chi connectivity index (χ0) is 12.3. The Hall–Kier alpha value is -1.79.